The number of hydrogen-bond acceptors (Lipinski definition) is 1. The molecule has 0 N–H and O–H groups in total. The lowest BCUT2D eigenvalue weighted by atomic mass is 10.1. The summed E-state index contributed by atoms with van der Waals surface area (Å²) in [6.45, 7) is 0. The van der Waals surface area contributed by atoms with Crippen LogP contribution in [-0.4, -0.2) is 4.98 Å². The first-order valence-electron chi connectivity index (χ1n) is 4.24. The van der Waals surface area contributed by atoms with Crippen molar-refractivity contribution in [2.75, 3.05) is 0 Å². The first-order valence-corrected chi connectivity index (χ1v) is 6.21. The normalized spacial score (nSPS) is 10.3. The van der Waals surface area contributed by atoms with Crippen LogP contribution in [0.4, 0.5) is 0 Å². The maximum Gasteiger partial charge on any atom is 0.0729 e. The van der Waals surface area contributed by atoms with Gasteiger partial charge in [0, 0.05) is 21.3 Å². The van der Waals surface area contributed by atoms with E-state index in [1.807, 2.05) is 30.3 Å². The van der Waals surface area contributed by atoms with Gasteiger partial charge in [-0.15, -0.1) is 0 Å². The molecule has 0 unspecified atom stereocenters. The van der Waals surface area contributed by atoms with Gasteiger partial charge in [0.25, 0.3) is 0 Å². The van der Waals surface area contributed by atoms with Gasteiger partial charge in [0.2, 0.25) is 0 Å². The summed E-state index contributed by atoms with van der Waals surface area (Å²) in [6, 6.07) is 9.59. The predicted octanol–water partition coefficient (Wildman–Crippen LogP) is 4.93. The maximum absolute atomic E-state index is 6.08. The Kier molecular flexibility index (Phi) is 3.44. The largest absolute Gasteiger partial charge is 0.255 e. The quantitative estimate of drug-likeness (QED) is 0.713. The van der Waals surface area contributed by atoms with Gasteiger partial charge in [0.15, 0.2) is 0 Å². The zero-order valence-electron chi connectivity index (χ0n) is 7.55. The second-order valence-electron chi connectivity index (χ2n) is 2.96. The Balaban J connectivity index is 2.55. The van der Waals surface area contributed by atoms with E-state index >= 15 is 0 Å². The van der Waals surface area contributed by atoms with Crippen LogP contribution >= 0.6 is 43.5 Å². The summed E-state index contributed by atoms with van der Waals surface area (Å²) in [7, 11) is 0. The minimum absolute atomic E-state index is 0.708. The number of halogens is 3. The summed E-state index contributed by atoms with van der Waals surface area (Å²) in [5.74, 6) is 0. The number of rotatable bonds is 1. The van der Waals surface area contributed by atoms with Crippen molar-refractivity contribution in [1.29, 1.82) is 0 Å². The molecule has 1 heterocycles. The molecule has 0 radical (unpaired) electrons. The maximum atomic E-state index is 6.08. The fourth-order valence-electron chi connectivity index (χ4n) is 1.23. The fraction of sp³-hybridized carbons (Fsp3) is 0. The van der Waals surface area contributed by atoms with Crippen molar-refractivity contribution < 1.29 is 0 Å². The van der Waals surface area contributed by atoms with Crippen LogP contribution < -0.4 is 0 Å². The Labute approximate surface area is 110 Å². The van der Waals surface area contributed by atoms with Crippen LogP contribution in [-0.2, 0) is 0 Å². The summed E-state index contributed by atoms with van der Waals surface area (Å²) < 4.78 is 1.89. The highest BCUT2D eigenvalue weighted by atomic mass is 79.9. The lowest BCUT2D eigenvalue weighted by molar-refractivity contribution is 1.29. The molecule has 1 aromatic carbocycles. The summed E-state index contributed by atoms with van der Waals surface area (Å²) in [5.41, 5.74) is 1.79. The molecule has 0 atom stereocenters. The Morgan fingerprint density at radius 2 is 1.80 bits per heavy atom. The van der Waals surface area contributed by atoms with Gasteiger partial charge in [-0.25, -0.2) is 0 Å². The average Bonchev–Trinajstić information content (AvgIpc) is 2.23. The number of hydrogen-bond donors (Lipinski definition) is 0. The third-order valence-electron chi connectivity index (χ3n) is 1.96. The number of pyridine rings is 1. The molecule has 4 heteroatoms. The molecule has 2 rings (SSSR count). The van der Waals surface area contributed by atoms with Crippen molar-refractivity contribution in [3.63, 3.8) is 0 Å². The SMILES string of the molecule is Clc1ccccc1-c1cc(Br)c(Br)cn1. The van der Waals surface area contributed by atoms with Crippen molar-refractivity contribution in [3.8, 4) is 11.3 Å². The lowest BCUT2D eigenvalue weighted by Gasteiger charge is -2.04. The van der Waals surface area contributed by atoms with E-state index in [1.165, 1.54) is 0 Å². The molecule has 0 fully saturated rings. The topological polar surface area (TPSA) is 12.9 Å². The van der Waals surface area contributed by atoms with E-state index < -0.39 is 0 Å². The summed E-state index contributed by atoms with van der Waals surface area (Å²) in [6.07, 6.45) is 1.75. The van der Waals surface area contributed by atoms with Gasteiger partial charge in [0.1, 0.15) is 0 Å². The number of nitrogens with zero attached hydrogens (tertiary/aromatic N) is 1. The van der Waals surface area contributed by atoms with E-state index in [0.717, 1.165) is 20.2 Å². The van der Waals surface area contributed by atoms with E-state index in [-0.39, 0.29) is 0 Å². The molecule has 0 bridgehead atoms. The van der Waals surface area contributed by atoms with Gasteiger partial charge in [-0.1, -0.05) is 29.8 Å². The zero-order chi connectivity index (χ0) is 10.8. The Morgan fingerprint density at radius 1 is 1.07 bits per heavy atom. The first kappa shape index (κ1) is 11.1. The average molecular weight is 347 g/mol. The second-order valence-corrected chi connectivity index (χ2v) is 5.08. The standard InChI is InChI=1S/C11H6Br2ClN/c12-8-5-11(15-6-9(8)13)7-3-1-2-4-10(7)14/h1-6H. The van der Waals surface area contributed by atoms with Crippen molar-refractivity contribution in [1.82, 2.24) is 4.98 Å². The van der Waals surface area contributed by atoms with E-state index in [4.69, 9.17) is 11.6 Å². The van der Waals surface area contributed by atoms with E-state index in [2.05, 4.69) is 36.8 Å². The van der Waals surface area contributed by atoms with Crippen molar-refractivity contribution in [3.05, 3.63) is 50.5 Å². The zero-order valence-corrected chi connectivity index (χ0v) is 11.5. The number of benzene rings is 1. The third kappa shape index (κ3) is 2.41. The molecular weight excluding hydrogens is 341 g/mol. The molecule has 0 saturated heterocycles. The molecule has 0 aliphatic carbocycles. The highest BCUT2D eigenvalue weighted by Gasteiger charge is 2.05. The van der Waals surface area contributed by atoms with Crippen molar-refractivity contribution in [2.24, 2.45) is 0 Å². The molecule has 76 valence electrons. The molecular formula is C11H6Br2ClN. The van der Waals surface area contributed by atoms with Crippen LogP contribution in [0.2, 0.25) is 5.02 Å². The molecule has 2 aromatic rings. The number of aromatic nitrogens is 1. The fourth-order valence-corrected chi connectivity index (χ4v) is 2.00. The second kappa shape index (κ2) is 4.64. The third-order valence-corrected chi connectivity index (χ3v) is 4.11. The summed E-state index contributed by atoms with van der Waals surface area (Å²) in [4.78, 5) is 4.31. The van der Waals surface area contributed by atoms with Crippen LogP contribution in [0.25, 0.3) is 11.3 Å². The monoisotopic (exact) mass is 345 g/mol. The Bertz CT molecular complexity index is 500. The molecule has 1 aromatic heterocycles. The van der Waals surface area contributed by atoms with Gasteiger partial charge < -0.3 is 0 Å². The highest BCUT2D eigenvalue weighted by Crippen LogP contribution is 2.30. The van der Waals surface area contributed by atoms with E-state index in [0.29, 0.717) is 5.02 Å². The van der Waals surface area contributed by atoms with Crippen molar-refractivity contribution in [2.45, 2.75) is 0 Å². The van der Waals surface area contributed by atoms with Crippen LogP contribution in [0.5, 0.6) is 0 Å². The molecule has 0 aliphatic rings. The Morgan fingerprint density at radius 3 is 2.47 bits per heavy atom. The van der Waals surface area contributed by atoms with Gasteiger partial charge >= 0.3 is 0 Å². The van der Waals surface area contributed by atoms with E-state index in [1.54, 1.807) is 6.20 Å². The molecule has 0 saturated carbocycles. The predicted molar refractivity (Wildman–Crippen MR) is 70.1 cm³/mol. The van der Waals surface area contributed by atoms with Gasteiger partial charge in [0.05, 0.1) is 10.2 Å². The van der Waals surface area contributed by atoms with Gasteiger partial charge in [-0.3, -0.25) is 4.98 Å². The minimum Gasteiger partial charge on any atom is -0.255 e. The first-order chi connectivity index (χ1) is 7.18. The smallest absolute Gasteiger partial charge is 0.0729 e. The molecule has 1 nitrogen and oxygen atoms in total. The molecule has 15 heavy (non-hydrogen) atoms. The summed E-state index contributed by atoms with van der Waals surface area (Å²) in [5, 5.41) is 0.708. The van der Waals surface area contributed by atoms with Crippen LogP contribution in [0.1, 0.15) is 0 Å². The van der Waals surface area contributed by atoms with Crippen LogP contribution in [0.3, 0.4) is 0 Å². The minimum atomic E-state index is 0.708. The molecule has 0 amide bonds. The molecule has 0 spiro atoms. The van der Waals surface area contributed by atoms with Gasteiger partial charge in [-0.2, -0.15) is 0 Å². The van der Waals surface area contributed by atoms with Crippen molar-refractivity contribution >= 4 is 43.5 Å². The highest BCUT2D eigenvalue weighted by molar-refractivity contribution is 9.13. The Hall–Kier alpha value is -0.380. The van der Waals surface area contributed by atoms with Crippen LogP contribution in [0, 0.1) is 0 Å². The van der Waals surface area contributed by atoms with E-state index in [9.17, 15) is 0 Å². The van der Waals surface area contributed by atoms with Gasteiger partial charge in [-0.05, 0) is 44.0 Å². The summed E-state index contributed by atoms with van der Waals surface area (Å²) >= 11 is 12.9. The molecule has 0 aliphatic heterocycles. The lowest BCUT2D eigenvalue weighted by Crippen LogP contribution is -1.84. The van der Waals surface area contributed by atoms with Crippen LogP contribution in [0.15, 0.2) is 45.5 Å².